The van der Waals surface area contributed by atoms with Crippen LogP contribution in [0.15, 0.2) is 0 Å². The quantitative estimate of drug-likeness (QED) is 0.195. The first-order valence-corrected chi connectivity index (χ1v) is 0. The standard InChI is InChI=1S/8CH3.4Hf.4H2N/h8*1H3;;;;;4*1H2/q8*-1;;;;;4*-1. The normalized spacial score (nSPS) is 0. The maximum Gasteiger partial charge on any atom is 0 e. The molecule has 0 heterocycles. The van der Waals surface area contributed by atoms with Gasteiger partial charge in [0.25, 0.3) is 0 Å². The molecule has 0 unspecified atom stereocenters. The largest absolute Gasteiger partial charge is 0.693 e. The van der Waals surface area contributed by atoms with Crippen LogP contribution in [0.2, 0.25) is 0 Å². The summed E-state index contributed by atoms with van der Waals surface area (Å²) >= 11 is 0. The summed E-state index contributed by atoms with van der Waals surface area (Å²) in [6.07, 6.45) is 0. The molecule has 0 rings (SSSR count). The van der Waals surface area contributed by atoms with Gasteiger partial charge in [-0.25, -0.2) is 0 Å². The minimum absolute atomic E-state index is 0. The van der Waals surface area contributed by atoms with E-state index in [9.17, 15) is 0 Å². The molecule has 8 heteroatoms. The molecular formula is C8H32Hf4N4-12. The first-order chi connectivity index (χ1) is 0. The molecule has 112 valence electrons. The molecule has 0 radical (unpaired) electrons. The Labute approximate surface area is 185 Å². The van der Waals surface area contributed by atoms with Crippen LogP contribution in [0.4, 0.5) is 0 Å². The maximum atomic E-state index is 0. The van der Waals surface area contributed by atoms with Gasteiger partial charge < -0.3 is 84.0 Å². The summed E-state index contributed by atoms with van der Waals surface area (Å²) in [6, 6.07) is 0. The zero-order valence-corrected chi connectivity index (χ0v) is 26.7. The van der Waals surface area contributed by atoms with Gasteiger partial charge >= 0.3 is 0 Å². The van der Waals surface area contributed by atoms with E-state index in [2.05, 4.69) is 0 Å². The Kier molecular flexibility index (Phi) is 18300. The van der Waals surface area contributed by atoms with Crippen molar-refractivity contribution in [2.75, 3.05) is 0 Å². The zero-order chi connectivity index (χ0) is 0. The van der Waals surface area contributed by atoms with E-state index in [0.717, 1.165) is 0 Å². The molecule has 0 aliphatic carbocycles. The van der Waals surface area contributed by atoms with E-state index in [1.54, 1.807) is 0 Å². The van der Waals surface area contributed by atoms with E-state index in [1.165, 1.54) is 0 Å². The van der Waals surface area contributed by atoms with Gasteiger partial charge in [-0.15, -0.1) is 0 Å². The van der Waals surface area contributed by atoms with E-state index in [4.69, 9.17) is 0 Å². The molecule has 0 aliphatic heterocycles. The van der Waals surface area contributed by atoms with Crippen LogP contribution in [0.3, 0.4) is 0 Å². The predicted molar refractivity (Wildman–Crippen MR) is 72.4 cm³/mol. The molecule has 8 N–H and O–H groups in total. The summed E-state index contributed by atoms with van der Waals surface area (Å²) < 4.78 is 0. The number of hydrogen-bond acceptors (Lipinski definition) is 0. The van der Waals surface area contributed by atoms with Gasteiger partial charge in [0.15, 0.2) is 0 Å². The maximum absolute atomic E-state index is 0. The van der Waals surface area contributed by atoms with Crippen LogP contribution in [0.1, 0.15) is 0 Å². The molecule has 0 aliphatic rings. The van der Waals surface area contributed by atoms with E-state index in [-0.39, 0.29) is 187 Å². The fraction of sp³-hybridized carbons (Fsp3) is 0. The van der Waals surface area contributed by atoms with Crippen molar-refractivity contribution in [1.29, 1.82) is 0 Å². The van der Waals surface area contributed by atoms with Gasteiger partial charge in [0.1, 0.15) is 0 Å². The van der Waals surface area contributed by atoms with E-state index < -0.39 is 0 Å². The Balaban J connectivity index is 0. The minimum atomic E-state index is 0. The van der Waals surface area contributed by atoms with Crippen molar-refractivity contribution in [3.05, 3.63) is 84.0 Å². The minimum Gasteiger partial charge on any atom is -0.693 e. The van der Waals surface area contributed by atoms with Crippen LogP contribution in [0.25, 0.3) is 24.6 Å². The molecule has 4 nitrogen and oxygen atoms in total. The summed E-state index contributed by atoms with van der Waals surface area (Å²) in [5.41, 5.74) is 0. The zero-order valence-electron chi connectivity index (χ0n) is 12.3. The molecule has 0 aromatic carbocycles. The van der Waals surface area contributed by atoms with Crippen LogP contribution in [0.5, 0.6) is 0 Å². The van der Waals surface area contributed by atoms with Crippen LogP contribution < -0.4 is 0 Å². The fourth-order valence-corrected chi connectivity index (χ4v) is 0. The second-order valence-corrected chi connectivity index (χ2v) is 0. The third-order valence-electron chi connectivity index (χ3n) is 0. The first-order valence-electron chi connectivity index (χ1n) is 0. The third kappa shape index (κ3) is 418. The predicted octanol–water partition coefficient (Wildman–Crippen LogP) is 6.46. The number of hydrogen-bond donors (Lipinski definition) is 0. The molecule has 0 saturated heterocycles. The second kappa shape index (κ2) is 498. The van der Waals surface area contributed by atoms with Gasteiger partial charge in [-0.2, -0.15) is 0 Å². The van der Waals surface area contributed by atoms with Crippen LogP contribution in [-0.2, 0) is 103 Å². The Morgan fingerprint density at radius 3 is 0.188 bits per heavy atom. The van der Waals surface area contributed by atoms with E-state index in [0.29, 0.717) is 0 Å². The number of nitrogens with two attached hydrogens (primary N) is 4. The molecule has 0 atom stereocenters. The van der Waals surface area contributed by atoms with E-state index >= 15 is 0 Å². The molecule has 0 saturated carbocycles. The van der Waals surface area contributed by atoms with Crippen LogP contribution in [-0.4, -0.2) is 0 Å². The van der Waals surface area contributed by atoms with Crippen LogP contribution >= 0.6 is 0 Å². The summed E-state index contributed by atoms with van der Waals surface area (Å²) in [6.45, 7) is 0. The molecule has 0 amide bonds. The first kappa shape index (κ1) is 588. The fourth-order valence-electron chi connectivity index (χ4n) is 0. The summed E-state index contributed by atoms with van der Waals surface area (Å²) in [7, 11) is 0. The van der Waals surface area contributed by atoms with Crippen molar-refractivity contribution >= 4 is 0 Å². The molecule has 0 spiro atoms. The average Bonchev–Trinajstić information content (AvgIpc) is 0. The molecule has 0 fully saturated rings. The molecule has 0 aromatic rings. The Hall–Kier alpha value is 3.32. The monoisotopic (exact) mass is 904 g/mol. The van der Waals surface area contributed by atoms with Gasteiger partial charge in [-0.1, -0.05) is 0 Å². The molecule has 0 aromatic heterocycles. The smallest absolute Gasteiger partial charge is 0 e. The van der Waals surface area contributed by atoms with Crippen LogP contribution in [0, 0.1) is 59.4 Å². The van der Waals surface area contributed by atoms with Crippen molar-refractivity contribution in [3.63, 3.8) is 0 Å². The van der Waals surface area contributed by atoms with Crippen molar-refractivity contribution < 1.29 is 103 Å². The van der Waals surface area contributed by atoms with Gasteiger partial charge in [-0.05, 0) is 0 Å². The summed E-state index contributed by atoms with van der Waals surface area (Å²) in [5.74, 6) is 0. The SMILES string of the molecule is [CH3-].[CH3-].[CH3-].[CH3-].[CH3-].[CH3-].[CH3-].[CH3-].[Hf].[Hf].[Hf].[Hf].[NH2-].[NH2-].[NH2-].[NH2-]. The van der Waals surface area contributed by atoms with Crippen molar-refractivity contribution in [1.82, 2.24) is 0 Å². The van der Waals surface area contributed by atoms with Gasteiger partial charge in [-0.3, -0.25) is 0 Å². The Bertz CT molecular complexity index is 24.0. The van der Waals surface area contributed by atoms with E-state index in [1.807, 2.05) is 0 Å². The molecule has 16 heavy (non-hydrogen) atoms. The summed E-state index contributed by atoms with van der Waals surface area (Å²) in [5, 5.41) is 0. The average molecular weight is 898 g/mol. The second-order valence-electron chi connectivity index (χ2n) is 0. The van der Waals surface area contributed by atoms with Crippen molar-refractivity contribution in [2.45, 2.75) is 0 Å². The number of rotatable bonds is 0. The van der Waals surface area contributed by atoms with Gasteiger partial charge in [0, 0.05) is 103 Å². The third-order valence-corrected chi connectivity index (χ3v) is 0. The topological polar surface area (TPSA) is 134 Å². The molecular weight excluding hydrogens is 866 g/mol. The Morgan fingerprint density at radius 1 is 0.188 bits per heavy atom. The van der Waals surface area contributed by atoms with Crippen molar-refractivity contribution in [2.24, 2.45) is 0 Å². The molecule has 0 bridgehead atoms. The van der Waals surface area contributed by atoms with Gasteiger partial charge in [0.2, 0.25) is 0 Å². The Morgan fingerprint density at radius 2 is 0.188 bits per heavy atom. The van der Waals surface area contributed by atoms with Crippen molar-refractivity contribution in [3.8, 4) is 0 Å². The van der Waals surface area contributed by atoms with Gasteiger partial charge in [0.05, 0.1) is 0 Å². The summed E-state index contributed by atoms with van der Waals surface area (Å²) in [4.78, 5) is 0.